The summed E-state index contributed by atoms with van der Waals surface area (Å²) in [4.78, 5) is 0. The zero-order chi connectivity index (χ0) is 10.0. The van der Waals surface area contributed by atoms with Crippen LogP contribution in [0.2, 0.25) is 0 Å². The van der Waals surface area contributed by atoms with Crippen LogP contribution >= 0.6 is 0 Å². The molecule has 1 aliphatic rings. The Hall–Kier alpha value is -0.930. The summed E-state index contributed by atoms with van der Waals surface area (Å²) in [5.74, 6) is -0.243. The Morgan fingerprint density at radius 3 is 2.29 bits per heavy atom. The van der Waals surface area contributed by atoms with Crippen LogP contribution in [-0.2, 0) is 6.54 Å². The van der Waals surface area contributed by atoms with E-state index in [1.807, 2.05) is 0 Å². The van der Waals surface area contributed by atoms with Gasteiger partial charge in [0.2, 0.25) is 0 Å². The number of likely N-dealkylation sites (tertiary alicyclic amines) is 1. The molecule has 1 saturated heterocycles. The molecule has 0 saturated carbocycles. The first-order valence-electron chi connectivity index (χ1n) is 5.00. The van der Waals surface area contributed by atoms with E-state index in [0.717, 1.165) is 18.4 Å². The van der Waals surface area contributed by atoms with Crippen molar-refractivity contribution in [1.82, 2.24) is 0 Å². The predicted molar refractivity (Wildman–Crippen MR) is 52.7 cm³/mol. The van der Waals surface area contributed by atoms with Crippen LogP contribution in [-0.4, -0.2) is 17.7 Å². The first-order valence-corrected chi connectivity index (χ1v) is 5.00. The van der Waals surface area contributed by atoms with Crippen molar-refractivity contribution in [3.05, 3.63) is 40.9 Å². The lowest BCUT2D eigenvalue weighted by Crippen LogP contribution is -2.37. The molecule has 2 nitrogen and oxygen atoms in total. The van der Waals surface area contributed by atoms with Crippen LogP contribution in [0.3, 0.4) is 0 Å². The number of rotatable bonds is 2. The molecule has 0 N–H and O–H groups in total. The maximum Gasteiger partial charge on any atom is 0.123 e. The molecule has 1 fully saturated rings. The highest BCUT2D eigenvalue weighted by Gasteiger charge is 2.22. The third-order valence-corrected chi connectivity index (χ3v) is 2.77. The Kier molecular flexibility index (Phi) is 2.52. The van der Waals surface area contributed by atoms with Crippen LogP contribution < -0.4 is 0 Å². The number of hydroxylamine groups is 3. The Bertz CT molecular complexity index is 304. The summed E-state index contributed by atoms with van der Waals surface area (Å²) in [5, 5.41) is 12.0. The normalized spacial score (nSPS) is 19.9. The minimum Gasteiger partial charge on any atom is -0.633 e. The van der Waals surface area contributed by atoms with E-state index in [1.165, 1.54) is 12.1 Å². The van der Waals surface area contributed by atoms with Crippen molar-refractivity contribution in [3.8, 4) is 0 Å². The van der Waals surface area contributed by atoms with Crippen molar-refractivity contribution in [2.45, 2.75) is 19.4 Å². The zero-order valence-corrected chi connectivity index (χ0v) is 8.08. The molecular formula is C11H14FNO. The number of quaternary nitrogens is 1. The lowest BCUT2D eigenvalue weighted by molar-refractivity contribution is -0.881. The fraction of sp³-hybridized carbons (Fsp3) is 0.455. The topological polar surface area (TPSA) is 23.1 Å². The second kappa shape index (κ2) is 3.67. The first kappa shape index (κ1) is 9.62. The summed E-state index contributed by atoms with van der Waals surface area (Å²) in [6.07, 6.45) is 2.04. The van der Waals surface area contributed by atoms with E-state index in [9.17, 15) is 9.60 Å². The summed E-state index contributed by atoms with van der Waals surface area (Å²) in [7, 11) is 0. The molecule has 76 valence electrons. The molecule has 1 aromatic carbocycles. The number of halogens is 1. The Balaban J connectivity index is 2.06. The third-order valence-electron chi connectivity index (χ3n) is 2.77. The molecule has 1 heterocycles. The van der Waals surface area contributed by atoms with Gasteiger partial charge in [0.25, 0.3) is 0 Å². The van der Waals surface area contributed by atoms with E-state index < -0.39 is 0 Å². The van der Waals surface area contributed by atoms with Crippen molar-refractivity contribution in [3.63, 3.8) is 0 Å². The summed E-state index contributed by atoms with van der Waals surface area (Å²) in [5.41, 5.74) is 0.934. The average molecular weight is 197 g/mol. The maximum atomic E-state index is 12.6. The van der Waals surface area contributed by atoms with Gasteiger partial charge in [-0.15, -0.1) is 0 Å². The number of benzene rings is 1. The summed E-state index contributed by atoms with van der Waals surface area (Å²) in [6.45, 7) is 1.90. The summed E-state index contributed by atoms with van der Waals surface area (Å²) in [6, 6.07) is 6.23. The van der Waals surface area contributed by atoms with Crippen LogP contribution in [0, 0.1) is 11.0 Å². The van der Waals surface area contributed by atoms with Gasteiger partial charge < -0.3 is 9.85 Å². The van der Waals surface area contributed by atoms with Crippen molar-refractivity contribution in [2.75, 3.05) is 13.1 Å². The van der Waals surface area contributed by atoms with Gasteiger partial charge in [-0.05, 0) is 12.1 Å². The molecule has 1 aromatic rings. The van der Waals surface area contributed by atoms with E-state index in [2.05, 4.69) is 0 Å². The zero-order valence-electron chi connectivity index (χ0n) is 8.08. The van der Waals surface area contributed by atoms with Crippen LogP contribution in [0.1, 0.15) is 18.4 Å². The third kappa shape index (κ3) is 2.11. The van der Waals surface area contributed by atoms with Gasteiger partial charge in [0, 0.05) is 18.4 Å². The summed E-state index contributed by atoms with van der Waals surface area (Å²) >= 11 is 0. The fourth-order valence-electron chi connectivity index (χ4n) is 1.99. The number of nitrogens with zero attached hydrogens (tertiary/aromatic N) is 1. The molecule has 14 heavy (non-hydrogen) atoms. The molecule has 3 heteroatoms. The second-order valence-corrected chi connectivity index (χ2v) is 4.00. The molecule has 0 aliphatic carbocycles. The fourth-order valence-corrected chi connectivity index (χ4v) is 1.99. The highest BCUT2D eigenvalue weighted by molar-refractivity contribution is 5.15. The van der Waals surface area contributed by atoms with Crippen molar-refractivity contribution in [1.29, 1.82) is 0 Å². The molecule has 1 aliphatic heterocycles. The minimum absolute atomic E-state index is 0.133. The standard InChI is InChI=1S/C11H14FNO/c12-11-5-3-10(4-6-11)9-13(14)7-1-2-8-13/h3-6H,1-2,7-9H2/i14+2. The lowest BCUT2D eigenvalue weighted by atomic mass is 10.2. The Morgan fingerprint density at radius 1 is 1.14 bits per heavy atom. The summed E-state index contributed by atoms with van der Waals surface area (Å²) < 4.78 is 12.5. The molecule has 0 unspecified atom stereocenters. The smallest absolute Gasteiger partial charge is 0.123 e. The predicted octanol–water partition coefficient (Wildman–Crippen LogP) is 2.43. The number of hydrogen-bond acceptors (Lipinski definition) is 1. The minimum atomic E-state index is -0.243. The van der Waals surface area contributed by atoms with E-state index in [0.29, 0.717) is 19.6 Å². The quantitative estimate of drug-likeness (QED) is 0.405. The first-order chi connectivity index (χ1) is 6.68. The van der Waals surface area contributed by atoms with Gasteiger partial charge in [-0.1, -0.05) is 12.1 Å². The van der Waals surface area contributed by atoms with Crippen molar-refractivity contribution >= 4 is 0 Å². The lowest BCUT2D eigenvalue weighted by Gasteiger charge is -2.38. The largest absolute Gasteiger partial charge is 0.633 e. The molecule has 0 amide bonds. The molecule has 2 rings (SSSR count). The van der Waals surface area contributed by atoms with Gasteiger partial charge in [0.05, 0.1) is 13.1 Å². The van der Waals surface area contributed by atoms with E-state index in [4.69, 9.17) is 0 Å². The second-order valence-electron chi connectivity index (χ2n) is 4.00. The average Bonchev–Trinajstić information content (AvgIpc) is 2.57. The van der Waals surface area contributed by atoms with E-state index >= 15 is 0 Å². The SMILES string of the molecule is [18O-][N+]1(Cc2ccc(F)cc2)CCCC1. The van der Waals surface area contributed by atoms with Gasteiger partial charge in [0.1, 0.15) is 12.4 Å². The maximum absolute atomic E-state index is 12.6. The van der Waals surface area contributed by atoms with Crippen molar-refractivity contribution in [2.24, 2.45) is 0 Å². The highest BCUT2D eigenvalue weighted by atomic mass is 19.1. The van der Waals surface area contributed by atoms with Crippen molar-refractivity contribution < 1.29 is 9.04 Å². The van der Waals surface area contributed by atoms with Crippen LogP contribution in [0.4, 0.5) is 4.39 Å². The number of hydrogen-bond donors (Lipinski definition) is 0. The highest BCUT2D eigenvalue weighted by Crippen LogP contribution is 2.21. The molecule has 0 aromatic heterocycles. The monoisotopic (exact) mass is 197 g/mol. The van der Waals surface area contributed by atoms with Gasteiger partial charge in [0.15, 0.2) is 0 Å². The Morgan fingerprint density at radius 2 is 1.71 bits per heavy atom. The molecule has 0 bridgehead atoms. The van der Waals surface area contributed by atoms with E-state index in [-0.39, 0.29) is 10.5 Å². The molecule has 0 spiro atoms. The van der Waals surface area contributed by atoms with Crippen LogP contribution in [0.5, 0.6) is 0 Å². The van der Waals surface area contributed by atoms with Gasteiger partial charge >= 0.3 is 0 Å². The molecule has 0 radical (unpaired) electrons. The molecular weight excluding hydrogens is 183 g/mol. The van der Waals surface area contributed by atoms with Gasteiger partial charge in [-0.25, -0.2) is 4.39 Å². The van der Waals surface area contributed by atoms with E-state index in [1.54, 1.807) is 12.1 Å². The Labute approximate surface area is 83.1 Å². The van der Waals surface area contributed by atoms with Gasteiger partial charge in [-0.3, -0.25) is 0 Å². The van der Waals surface area contributed by atoms with Crippen LogP contribution in [0.25, 0.3) is 0 Å². The van der Waals surface area contributed by atoms with Gasteiger partial charge in [-0.2, -0.15) is 0 Å². The van der Waals surface area contributed by atoms with Crippen LogP contribution in [0.15, 0.2) is 24.3 Å². The molecule has 0 atom stereocenters.